The molecule has 2 heterocycles. The zero-order chi connectivity index (χ0) is 23.8. The topological polar surface area (TPSA) is 79.7 Å². The number of likely N-dealkylation sites (tertiary alicyclic amines) is 1. The van der Waals surface area contributed by atoms with Crippen molar-refractivity contribution in [3.63, 3.8) is 0 Å². The maximum Gasteiger partial charge on any atom is 0.293 e. The van der Waals surface area contributed by atoms with E-state index in [0.29, 0.717) is 18.5 Å². The largest absolute Gasteiger partial charge is 0.492 e. The van der Waals surface area contributed by atoms with Crippen LogP contribution in [0, 0.1) is 0 Å². The van der Waals surface area contributed by atoms with Gasteiger partial charge in [0.15, 0.2) is 5.82 Å². The first kappa shape index (κ1) is 24.3. The van der Waals surface area contributed by atoms with Crippen molar-refractivity contribution in [2.24, 2.45) is 0 Å². The van der Waals surface area contributed by atoms with E-state index in [1.165, 1.54) is 23.8 Å². The maximum absolute atomic E-state index is 13.0. The Morgan fingerprint density at radius 2 is 1.85 bits per heavy atom. The molecule has 2 fully saturated rings. The van der Waals surface area contributed by atoms with Gasteiger partial charge >= 0.3 is 0 Å². The van der Waals surface area contributed by atoms with Crippen molar-refractivity contribution in [1.29, 1.82) is 0 Å². The van der Waals surface area contributed by atoms with Gasteiger partial charge in [0.2, 0.25) is 5.91 Å². The van der Waals surface area contributed by atoms with Crippen LogP contribution in [0.1, 0.15) is 44.9 Å². The molecule has 34 heavy (non-hydrogen) atoms. The molecular weight excluding hydrogens is 430 g/mol. The number of likely N-dealkylation sites (N-methyl/N-ethyl adjacent to an activating group) is 1. The number of benzene rings is 1. The fraction of sp³-hybridized carbons (Fsp3) is 0.577. The Morgan fingerprint density at radius 3 is 2.59 bits per heavy atom. The molecular formula is C26H37N5O3. The van der Waals surface area contributed by atoms with Gasteiger partial charge in [-0.05, 0) is 37.8 Å². The molecule has 2 aromatic rings. The molecule has 1 amide bonds. The minimum absolute atomic E-state index is 0.0165. The number of carbonyl (C=O) groups is 1. The standard InChI is InChI=1S/C26H37N5O3/c1-29(22-8-4-2-5-9-22)24(32)20-31-17-14-27-25(26(31)33)28-21-12-15-30(16-13-21)18-19-34-23-10-6-3-7-11-23/h3,6-7,10-11,14,17,21-22H,2,4-5,8-9,12-13,15-16,18-20H2,1H3,(H,27,28). The summed E-state index contributed by atoms with van der Waals surface area (Å²) in [6, 6.07) is 10.4. The smallest absolute Gasteiger partial charge is 0.293 e. The van der Waals surface area contributed by atoms with Gasteiger partial charge in [0, 0.05) is 51.2 Å². The van der Waals surface area contributed by atoms with Crippen molar-refractivity contribution >= 4 is 11.7 Å². The summed E-state index contributed by atoms with van der Waals surface area (Å²) in [7, 11) is 1.86. The molecule has 1 aliphatic carbocycles. The summed E-state index contributed by atoms with van der Waals surface area (Å²) >= 11 is 0. The van der Waals surface area contributed by atoms with Crippen LogP contribution >= 0.6 is 0 Å². The Bertz CT molecular complexity index is 966. The van der Waals surface area contributed by atoms with Crippen LogP contribution in [0.4, 0.5) is 5.82 Å². The molecule has 0 radical (unpaired) electrons. The number of hydrogen-bond donors (Lipinski definition) is 1. The third-order valence-corrected chi connectivity index (χ3v) is 7.08. The monoisotopic (exact) mass is 467 g/mol. The minimum atomic E-state index is -0.230. The lowest BCUT2D eigenvalue weighted by molar-refractivity contribution is -0.133. The van der Waals surface area contributed by atoms with E-state index in [1.807, 2.05) is 42.3 Å². The molecule has 1 N–H and O–H groups in total. The number of rotatable bonds is 9. The number of hydrogen-bond acceptors (Lipinski definition) is 6. The number of amides is 1. The van der Waals surface area contributed by atoms with Crippen molar-refractivity contribution in [3.05, 3.63) is 53.1 Å². The van der Waals surface area contributed by atoms with Crippen LogP contribution in [-0.4, -0.2) is 70.6 Å². The summed E-state index contributed by atoms with van der Waals surface area (Å²) in [6.45, 7) is 3.50. The molecule has 8 nitrogen and oxygen atoms in total. The molecule has 1 saturated heterocycles. The highest BCUT2D eigenvalue weighted by molar-refractivity contribution is 5.76. The number of nitrogens with zero attached hydrogens (tertiary/aromatic N) is 4. The predicted molar refractivity (Wildman–Crippen MR) is 133 cm³/mol. The molecule has 0 bridgehead atoms. The lowest BCUT2D eigenvalue weighted by atomic mass is 9.94. The average molecular weight is 468 g/mol. The van der Waals surface area contributed by atoms with Crippen molar-refractivity contribution in [3.8, 4) is 5.75 Å². The molecule has 2 aliphatic rings. The van der Waals surface area contributed by atoms with E-state index in [1.54, 1.807) is 12.4 Å². The van der Waals surface area contributed by atoms with Crippen molar-refractivity contribution < 1.29 is 9.53 Å². The molecule has 8 heteroatoms. The highest BCUT2D eigenvalue weighted by Gasteiger charge is 2.24. The van der Waals surface area contributed by atoms with Gasteiger partial charge in [-0.25, -0.2) is 4.98 Å². The van der Waals surface area contributed by atoms with Crippen LogP contribution < -0.4 is 15.6 Å². The van der Waals surface area contributed by atoms with Crippen molar-refractivity contribution in [1.82, 2.24) is 19.4 Å². The summed E-state index contributed by atoms with van der Waals surface area (Å²) in [5.74, 6) is 1.22. The third kappa shape index (κ3) is 6.59. The Balaban J connectivity index is 1.24. The first-order chi connectivity index (χ1) is 16.6. The second kappa shape index (κ2) is 12.0. The van der Waals surface area contributed by atoms with Crippen molar-refractivity contribution in [2.45, 2.75) is 63.6 Å². The lowest BCUT2D eigenvalue weighted by Gasteiger charge is -2.32. The van der Waals surface area contributed by atoms with Gasteiger partial charge in [-0.2, -0.15) is 0 Å². The summed E-state index contributed by atoms with van der Waals surface area (Å²) in [4.78, 5) is 34.2. The van der Waals surface area contributed by atoms with Gasteiger partial charge in [0.25, 0.3) is 5.56 Å². The van der Waals surface area contributed by atoms with Crippen LogP contribution in [0.3, 0.4) is 0 Å². The normalized spacial score (nSPS) is 17.9. The number of ether oxygens (including phenoxy) is 1. The molecule has 184 valence electrons. The van der Waals surface area contributed by atoms with Crippen LogP contribution in [0.5, 0.6) is 5.75 Å². The molecule has 0 unspecified atom stereocenters. The number of anilines is 1. The van der Waals surface area contributed by atoms with Crippen molar-refractivity contribution in [2.75, 3.05) is 38.6 Å². The number of para-hydroxylation sites is 1. The Morgan fingerprint density at radius 1 is 1.12 bits per heavy atom. The average Bonchev–Trinajstić information content (AvgIpc) is 2.88. The first-order valence-electron chi connectivity index (χ1n) is 12.6. The number of aromatic nitrogens is 2. The molecule has 0 atom stereocenters. The molecule has 1 aromatic heterocycles. The number of piperidine rings is 1. The van der Waals surface area contributed by atoms with E-state index in [2.05, 4.69) is 15.2 Å². The molecule has 4 rings (SSSR count). The Labute approximate surface area is 201 Å². The summed E-state index contributed by atoms with van der Waals surface area (Å²) < 4.78 is 7.28. The van der Waals surface area contributed by atoms with E-state index in [-0.39, 0.29) is 24.1 Å². The molecule has 1 saturated carbocycles. The lowest BCUT2D eigenvalue weighted by Crippen LogP contribution is -2.43. The number of nitrogens with one attached hydrogen (secondary N) is 1. The van der Waals surface area contributed by atoms with Crippen LogP contribution in [0.25, 0.3) is 0 Å². The van der Waals surface area contributed by atoms with Gasteiger partial charge in [0.05, 0.1) is 0 Å². The summed E-state index contributed by atoms with van der Waals surface area (Å²) in [5, 5.41) is 3.33. The van der Waals surface area contributed by atoms with E-state index >= 15 is 0 Å². The van der Waals surface area contributed by atoms with Crippen LogP contribution in [0.15, 0.2) is 47.5 Å². The molecule has 1 aliphatic heterocycles. The van der Waals surface area contributed by atoms with Gasteiger partial charge in [-0.3, -0.25) is 14.5 Å². The maximum atomic E-state index is 13.0. The summed E-state index contributed by atoms with van der Waals surface area (Å²) in [5.41, 5.74) is -0.230. The first-order valence-corrected chi connectivity index (χ1v) is 12.6. The second-order valence-electron chi connectivity index (χ2n) is 9.43. The number of carbonyl (C=O) groups excluding carboxylic acids is 1. The quantitative estimate of drug-likeness (QED) is 0.611. The van der Waals surface area contributed by atoms with Gasteiger partial charge in [-0.15, -0.1) is 0 Å². The van der Waals surface area contributed by atoms with E-state index < -0.39 is 0 Å². The van der Waals surface area contributed by atoms with Gasteiger partial charge < -0.3 is 19.5 Å². The molecule has 0 spiro atoms. The Kier molecular flexibility index (Phi) is 8.57. The highest BCUT2D eigenvalue weighted by atomic mass is 16.5. The van der Waals surface area contributed by atoms with Crippen LogP contribution in [0.2, 0.25) is 0 Å². The zero-order valence-electron chi connectivity index (χ0n) is 20.2. The fourth-order valence-corrected chi connectivity index (χ4v) is 4.90. The SMILES string of the molecule is CN(C(=O)Cn1ccnc(NC2CCN(CCOc3ccccc3)CC2)c1=O)C1CCCCC1. The van der Waals surface area contributed by atoms with E-state index in [0.717, 1.165) is 51.1 Å². The van der Waals surface area contributed by atoms with E-state index in [9.17, 15) is 9.59 Å². The van der Waals surface area contributed by atoms with Gasteiger partial charge in [0.1, 0.15) is 18.9 Å². The third-order valence-electron chi connectivity index (χ3n) is 7.08. The van der Waals surface area contributed by atoms with Crippen LogP contribution in [-0.2, 0) is 11.3 Å². The van der Waals surface area contributed by atoms with Gasteiger partial charge in [-0.1, -0.05) is 37.5 Å². The fourth-order valence-electron chi connectivity index (χ4n) is 4.90. The molecule has 1 aromatic carbocycles. The Hall–Kier alpha value is -2.87. The second-order valence-corrected chi connectivity index (χ2v) is 9.43. The highest BCUT2D eigenvalue weighted by Crippen LogP contribution is 2.22. The minimum Gasteiger partial charge on any atom is -0.492 e. The zero-order valence-corrected chi connectivity index (χ0v) is 20.2. The summed E-state index contributed by atoms with van der Waals surface area (Å²) in [6.07, 6.45) is 10.8. The van der Waals surface area contributed by atoms with E-state index in [4.69, 9.17) is 4.74 Å². The predicted octanol–water partition coefficient (Wildman–Crippen LogP) is 2.99.